The summed E-state index contributed by atoms with van der Waals surface area (Å²) in [5, 5.41) is 0. The van der Waals surface area contributed by atoms with Crippen molar-refractivity contribution in [3.8, 4) is 0 Å². The van der Waals surface area contributed by atoms with Crippen molar-refractivity contribution in [2.45, 2.75) is 32.0 Å². The first-order chi connectivity index (χ1) is 9.45. The van der Waals surface area contributed by atoms with E-state index in [1.54, 1.807) is 0 Å². The Hall–Kier alpha value is -0.910. The van der Waals surface area contributed by atoms with E-state index in [2.05, 4.69) is 39.9 Å². The summed E-state index contributed by atoms with van der Waals surface area (Å²) in [6.45, 7) is 6.49. The van der Waals surface area contributed by atoms with Gasteiger partial charge in [-0.15, -0.1) is 0 Å². The Balaban J connectivity index is 1.99. The maximum atomic E-state index is 11.3. The predicted molar refractivity (Wildman–Crippen MR) is 82.5 cm³/mol. The van der Waals surface area contributed by atoms with Gasteiger partial charge in [0.25, 0.3) is 0 Å². The molecule has 4 nitrogen and oxygen atoms in total. The molecular formula is C15H21BrN2O2. The summed E-state index contributed by atoms with van der Waals surface area (Å²) in [5.41, 5.74) is 6.64. The summed E-state index contributed by atoms with van der Waals surface area (Å²) in [6, 6.07) is 8.34. The molecule has 0 spiro atoms. The highest BCUT2D eigenvalue weighted by Gasteiger charge is 2.29. The molecule has 1 heterocycles. The molecule has 1 amide bonds. The summed E-state index contributed by atoms with van der Waals surface area (Å²) in [7, 11) is 0. The number of halogens is 1. The average molecular weight is 341 g/mol. The van der Waals surface area contributed by atoms with Gasteiger partial charge in [-0.25, -0.2) is 0 Å². The van der Waals surface area contributed by atoms with E-state index < -0.39 is 6.10 Å². The third-order valence-corrected chi connectivity index (χ3v) is 4.10. The van der Waals surface area contributed by atoms with Crippen molar-refractivity contribution < 1.29 is 9.53 Å². The number of ether oxygens (including phenoxy) is 1. The molecule has 2 rings (SSSR count). The topological polar surface area (TPSA) is 55.6 Å². The van der Waals surface area contributed by atoms with Gasteiger partial charge in [0, 0.05) is 24.1 Å². The van der Waals surface area contributed by atoms with Gasteiger partial charge in [-0.2, -0.15) is 0 Å². The minimum absolute atomic E-state index is 0.0379. The predicted octanol–water partition coefficient (Wildman–Crippen LogP) is 2.13. The van der Waals surface area contributed by atoms with Crippen LogP contribution in [0.5, 0.6) is 0 Å². The second kappa shape index (κ2) is 6.70. The van der Waals surface area contributed by atoms with Crippen LogP contribution in [0.3, 0.4) is 0 Å². The standard InChI is InChI=1S/C15H21BrN2O2/c1-10(12-4-3-5-13(16)6-12)7-18-8-11(2)20-14(9-18)15(17)19/h3-6,10-11,14H,7-9H2,1-2H3,(H2,17,19)/t10?,11-,14?/m1/s1. The van der Waals surface area contributed by atoms with Crippen LogP contribution in [-0.4, -0.2) is 42.6 Å². The maximum Gasteiger partial charge on any atom is 0.247 e. The molecule has 3 atom stereocenters. The van der Waals surface area contributed by atoms with Gasteiger partial charge in [-0.3, -0.25) is 9.69 Å². The summed E-state index contributed by atoms with van der Waals surface area (Å²) >= 11 is 3.50. The van der Waals surface area contributed by atoms with E-state index in [1.807, 2.05) is 19.1 Å². The van der Waals surface area contributed by atoms with E-state index in [9.17, 15) is 4.79 Å². The van der Waals surface area contributed by atoms with Crippen LogP contribution in [0.15, 0.2) is 28.7 Å². The fraction of sp³-hybridized carbons (Fsp3) is 0.533. The number of morpholine rings is 1. The Labute approximate surface area is 128 Å². The number of benzene rings is 1. The van der Waals surface area contributed by atoms with Crippen LogP contribution in [-0.2, 0) is 9.53 Å². The van der Waals surface area contributed by atoms with Crippen LogP contribution >= 0.6 is 15.9 Å². The molecule has 0 aromatic heterocycles. The molecule has 1 aliphatic heterocycles. The van der Waals surface area contributed by atoms with Crippen molar-refractivity contribution in [1.29, 1.82) is 0 Å². The molecule has 1 fully saturated rings. The Morgan fingerprint density at radius 2 is 2.30 bits per heavy atom. The second-order valence-electron chi connectivity index (χ2n) is 5.51. The monoisotopic (exact) mass is 340 g/mol. The van der Waals surface area contributed by atoms with Gasteiger partial charge in [0.1, 0.15) is 6.10 Å². The Bertz CT molecular complexity index is 481. The molecule has 20 heavy (non-hydrogen) atoms. The van der Waals surface area contributed by atoms with Crippen molar-refractivity contribution in [3.05, 3.63) is 34.3 Å². The van der Waals surface area contributed by atoms with Gasteiger partial charge < -0.3 is 10.5 Å². The molecule has 5 heteroatoms. The fourth-order valence-corrected chi connectivity index (χ4v) is 3.07. The number of carbonyl (C=O) groups excluding carboxylic acids is 1. The lowest BCUT2D eigenvalue weighted by Gasteiger charge is -2.36. The molecule has 1 saturated heterocycles. The van der Waals surface area contributed by atoms with Crippen molar-refractivity contribution >= 4 is 21.8 Å². The first kappa shape index (κ1) is 15.5. The van der Waals surface area contributed by atoms with Gasteiger partial charge in [-0.1, -0.05) is 35.0 Å². The largest absolute Gasteiger partial charge is 0.367 e. The minimum atomic E-state index is -0.492. The van der Waals surface area contributed by atoms with Crippen LogP contribution in [0.1, 0.15) is 25.3 Å². The summed E-state index contributed by atoms with van der Waals surface area (Å²) < 4.78 is 6.65. The first-order valence-electron chi connectivity index (χ1n) is 6.88. The van der Waals surface area contributed by atoms with E-state index in [-0.39, 0.29) is 12.0 Å². The Morgan fingerprint density at radius 3 is 2.95 bits per heavy atom. The van der Waals surface area contributed by atoms with E-state index >= 15 is 0 Å². The van der Waals surface area contributed by atoms with E-state index in [4.69, 9.17) is 10.5 Å². The highest BCUT2D eigenvalue weighted by molar-refractivity contribution is 9.10. The third kappa shape index (κ3) is 4.04. The number of nitrogens with two attached hydrogens (primary N) is 1. The second-order valence-corrected chi connectivity index (χ2v) is 6.43. The van der Waals surface area contributed by atoms with Gasteiger partial charge in [-0.05, 0) is 30.5 Å². The lowest BCUT2D eigenvalue weighted by atomic mass is 10.00. The minimum Gasteiger partial charge on any atom is -0.367 e. The average Bonchev–Trinajstić information content (AvgIpc) is 2.37. The third-order valence-electron chi connectivity index (χ3n) is 3.60. The van der Waals surface area contributed by atoms with Gasteiger partial charge in [0.05, 0.1) is 6.10 Å². The number of carbonyl (C=O) groups is 1. The van der Waals surface area contributed by atoms with Crippen LogP contribution in [0.2, 0.25) is 0 Å². The highest BCUT2D eigenvalue weighted by atomic mass is 79.9. The quantitative estimate of drug-likeness (QED) is 0.913. The van der Waals surface area contributed by atoms with Crippen LogP contribution in [0.4, 0.5) is 0 Å². The zero-order valence-electron chi connectivity index (χ0n) is 11.9. The summed E-state index contributed by atoms with van der Waals surface area (Å²) in [6.07, 6.45) is -0.454. The highest BCUT2D eigenvalue weighted by Crippen LogP contribution is 2.22. The number of nitrogens with zero attached hydrogens (tertiary/aromatic N) is 1. The number of hydrogen-bond acceptors (Lipinski definition) is 3. The SMILES string of the molecule is CC(CN1CC(C(N)=O)O[C@H](C)C1)c1cccc(Br)c1. The van der Waals surface area contributed by atoms with E-state index in [0.717, 1.165) is 17.6 Å². The molecule has 0 radical (unpaired) electrons. The molecule has 110 valence electrons. The van der Waals surface area contributed by atoms with Gasteiger partial charge in [0.15, 0.2) is 0 Å². The van der Waals surface area contributed by atoms with Crippen molar-refractivity contribution in [2.75, 3.05) is 19.6 Å². The Kier molecular flexibility index (Phi) is 5.18. The molecule has 0 bridgehead atoms. The molecule has 0 saturated carbocycles. The van der Waals surface area contributed by atoms with Crippen LogP contribution in [0, 0.1) is 0 Å². The number of rotatable bonds is 4. The smallest absolute Gasteiger partial charge is 0.247 e. The lowest BCUT2D eigenvalue weighted by Crippen LogP contribution is -2.52. The van der Waals surface area contributed by atoms with Crippen LogP contribution < -0.4 is 5.73 Å². The molecule has 1 aromatic rings. The lowest BCUT2D eigenvalue weighted by molar-refractivity contribution is -0.142. The van der Waals surface area contributed by atoms with Gasteiger partial charge >= 0.3 is 0 Å². The maximum absolute atomic E-state index is 11.3. The molecule has 0 aliphatic carbocycles. The summed E-state index contributed by atoms with van der Waals surface area (Å²) in [4.78, 5) is 13.6. The zero-order valence-corrected chi connectivity index (χ0v) is 13.5. The fourth-order valence-electron chi connectivity index (χ4n) is 2.65. The van der Waals surface area contributed by atoms with Crippen LogP contribution in [0.25, 0.3) is 0 Å². The molecule has 1 aliphatic rings. The summed E-state index contributed by atoms with van der Waals surface area (Å²) in [5.74, 6) is 0.0167. The van der Waals surface area contributed by atoms with Crippen molar-refractivity contribution in [3.63, 3.8) is 0 Å². The van der Waals surface area contributed by atoms with E-state index in [0.29, 0.717) is 12.5 Å². The number of amides is 1. The zero-order chi connectivity index (χ0) is 14.7. The first-order valence-corrected chi connectivity index (χ1v) is 7.67. The number of hydrogen-bond donors (Lipinski definition) is 1. The normalized spacial score (nSPS) is 25.4. The van der Waals surface area contributed by atoms with Crippen molar-refractivity contribution in [2.24, 2.45) is 5.73 Å². The molecule has 1 aromatic carbocycles. The molecule has 2 N–H and O–H groups in total. The Morgan fingerprint density at radius 1 is 1.55 bits per heavy atom. The number of primary amides is 1. The van der Waals surface area contributed by atoms with Gasteiger partial charge in [0.2, 0.25) is 5.91 Å². The van der Waals surface area contributed by atoms with E-state index in [1.165, 1.54) is 5.56 Å². The molecule has 2 unspecified atom stereocenters. The van der Waals surface area contributed by atoms with Crippen molar-refractivity contribution in [1.82, 2.24) is 4.90 Å². The molecular weight excluding hydrogens is 320 g/mol.